The molecule has 84 valence electrons. The van der Waals surface area contributed by atoms with Crippen molar-refractivity contribution in [2.24, 2.45) is 0 Å². The molecular formula is C11H15N5. The zero-order chi connectivity index (χ0) is 12.0. The lowest BCUT2D eigenvalue weighted by atomic mass is 10.4. The van der Waals surface area contributed by atoms with Gasteiger partial charge in [-0.3, -0.25) is 0 Å². The Morgan fingerprint density at radius 2 is 1.12 bits per heavy atom. The Balaban J connectivity index is 0.000000160. The van der Waals surface area contributed by atoms with E-state index in [1.165, 1.54) is 0 Å². The van der Waals surface area contributed by atoms with E-state index in [2.05, 4.69) is 19.9 Å². The molecule has 2 heterocycles. The first kappa shape index (κ1) is 12.0. The predicted octanol–water partition coefficient (Wildman–Crippen LogP) is 1.46. The summed E-state index contributed by atoms with van der Waals surface area (Å²) in [6.45, 7) is 5.76. The topological polar surface area (TPSA) is 77.6 Å². The van der Waals surface area contributed by atoms with Crippen LogP contribution in [0.1, 0.15) is 17.0 Å². The van der Waals surface area contributed by atoms with Crippen LogP contribution in [0, 0.1) is 20.8 Å². The van der Waals surface area contributed by atoms with Crippen molar-refractivity contribution in [3.63, 3.8) is 0 Å². The van der Waals surface area contributed by atoms with E-state index >= 15 is 0 Å². The number of hydrogen-bond donors (Lipinski definition) is 1. The largest absolute Gasteiger partial charge is 0.368 e. The van der Waals surface area contributed by atoms with Crippen molar-refractivity contribution in [2.45, 2.75) is 20.8 Å². The Bertz CT molecular complexity index is 336. The Morgan fingerprint density at radius 1 is 0.750 bits per heavy atom. The van der Waals surface area contributed by atoms with Crippen molar-refractivity contribution in [2.75, 3.05) is 5.73 Å². The number of anilines is 1. The minimum Gasteiger partial charge on any atom is -0.368 e. The Morgan fingerprint density at radius 3 is 1.44 bits per heavy atom. The highest BCUT2D eigenvalue weighted by Crippen LogP contribution is 1.91. The van der Waals surface area contributed by atoms with Gasteiger partial charge in [0.1, 0.15) is 5.82 Å². The summed E-state index contributed by atoms with van der Waals surface area (Å²) in [7, 11) is 0. The van der Waals surface area contributed by atoms with Gasteiger partial charge >= 0.3 is 0 Å². The van der Waals surface area contributed by atoms with E-state index in [9.17, 15) is 0 Å². The second-order valence-electron chi connectivity index (χ2n) is 3.43. The minimum atomic E-state index is 0.329. The molecule has 0 aliphatic rings. The third-order valence-corrected chi connectivity index (χ3v) is 1.71. The van der Waals surface area contributed by atoms with E-state index in [0.717, 1.165) is 17.0 Å². The fourth-order valence-corrected chi connectivity index (χ4v) is 0.860. The molecule has 0 unspecified atom stereocenters. The second-order valence-corrected chi connectivity index (χ2v) is 3.43. The van der Waals surface area contributed by atoms with E-state index < -0.39 is 0 Å². The van der Waals surface area contributed by atoms with E-state index in [0.29, 0.717) is 5.95 Å². The van der Waals surface area contributed by atoms with Gasteiger partial charge in [0.15, 0.2) is 0 Å². The number of aryl methyl sites for hydroxylation is 3. The predicted molar refractivity (Wildman–Crippen MR) is 62.7 cm³/mol. The summed E-state index contributed by atoms with van der Waals surface area (Å²) in [5.74, 6) is 1.16. The maximum Gasteiger partial charge on any atom is 0.219 e. The van der Waals surface area contributed by atoms with Crippen LogP contribution in [0.2, 0.25) is 0 Å². The van der Waals surface area contributed by atoms with Crippen molar-refractivity contribution in [1.29, 1.82) is 0 Å². The lowest BCUT2D eigenvalue weighted by molar-refractivity contribution is 1.03. The number of nitrogens with zero attached hydrogens (tertiary/aromatic N) is 4. The molecule has 0 atom stereocenters. The molecule has 0 spiro atoms. The van der Waals surface area contributed by atoms with Crippen LogP contribution in [0.25, 0.3) is 0 Å². The minimum absolute atomic E-state index is 0.329. The third-order valence-electron chi connectivity index (χ3n) is 1.71. The van der Waals surface area contributed by atoms with E-state index in [4.69, 9.17) is 5.73 Å². The molecule has 0 bridgehead atoms. The quantitative estimate of drug-likeness (QED) is 0.722. The second kappa shape index (κ2) is 5.75. The normalized spacial score (nSPS) is 9.19. The smallest absolute Gasteiger partial charge is 0.219 e. The first-order chi connectivity index (χ1) is 7.58. The van der Waals surface area contributed by atoms with Gasteiger partial charge in [0.25, 0.3) is 0 Å². The van der Waals surface area contributed by atoms with Crippen LogP contribution in [-0.4, -0.2) is 19.9 Å². The fraction of sp³-hybridized carbons (Fsp3) is 0.273. The molecule has 5 nitrogen and oxygen atoms in total. The standard InChI is InChI=1S/C6H8N2.C5H7N3/c1-5-3-7-6(2)8-4-5;1-4-2-7-5(6)8-3-4/h3-4H,1-2H3;2-3H,1H3,(H2,6,7,8). The van der Waals surface area contributed by atoms with Gasteiger partial charge in [-0.25, -0.2) is 19.9 Å². The third kappa shape index (κ3) is 4.45. The maximum atomic E-state index is 5.20. The zero-order valence-corrected chi connectivity index (χ0v) is 9.68. The summed E-state index contributed by atoms with van der Waals surface area (Å²) in [6.07, 6.45) is 6.98. The summed E-state index contributed by atoms with van der Waals surface area (Å²) in [5, 5.41) is 0. The van der Waals surface area contributed by atoms with Crippen LogP contribution in [0.15, 0.2) is 24.8 Å². The molecule has 0 radical (unpaired) electrons. The molecule has 0 aromatic carbocycles. The molecule has 0 aliphatic carbocycles. The summed E-state index contributed by atoms with van der Waals surface area (Å²) in [5.41, 5.74) is 7.34. The van der Waals surface area contributed by atoms with E-state index in [1.807, 2.05) is 33.2 Å². The summed E-state index contributed by atoms with van der Waals surface area (Å²) in [4.78, 5) is 15.4. The fourth-order valence-electron chi connectivity index (χ4n) is 0.860. The van der Waals surface area contributed by atoms with E-state index in [1.54, 1.807) is 12.4 Å². The highest BCUT2D eigenvalue weighted by molar-refractivity contribution is 5.15. The molecule has 2 rings (SSSR count). The van der Waals surface area contributed by atoms with Gasteiger partial charge < -0.3 is 5.73 Å². The van der Waals surface area contributed by atoms with Gasteiger partial charge in [-0.05, 0) is 31.9 Å². The summed E-state index contributed by atoms with van der Waals surface area (Å²) in [6, 6.07) is 0. The molecular weight excluding hydrogens is 202 g/mol. The van der Waals surface area contributed by atoms with Crippen molar-refractivity contribution in [1.82, 2.24) is 19.9 Å². The van der Waals surface area contributed by atoms with Crippen molar-refractivity contribution in [3.05, 3.63) is 41.7 Å². The Labute approximate surface area is 94.8 Å². The maximum absolute atomic E-state index is 5.20. The molecule has 5 heteroatoms. The molecule has 16 heavy (non-hydrogen) atoms. The number of hydrogen-bond acceptors (Lipinski definition) is 5. The highest BCUT2D eigenvalue weighted by Gasteiger charge is 1.83. The lowest BCUT2D eigenvalue weighted by Crippen LogP contribution is -1.92. The number of aromatic nitrogens is 4. The first-order valence-electron chi connectivity index (χ1n) is 4.87. The van der Waals surface area contributed by atoms with Crippen molar-refractivity contribution >= 4 is 5.95 Å². The summed E-state index contributed by atoms with van der Waals surface area (Å²) >= 11 is 0. The monoisotopic (exact) mass is 217 g/mol. The average Bonchev–Trinajstić information content (AvgIpc) is 2.28. The van der Waals surface area contributed by atoms with Crippen LogP contribution in [0.5, 0.6) is 0 Å². The number of rotatable bonds is 0. The number of nitrogens with two attached hydrogens (primary N) is 1. The SMILES string of the molecule is Cc1cnc(C)nc1.Cc1cnc(N)nc1. The zero-order valence-electron chi connectivity index (χ0n) is 9.68. The molecule has 2 aromatic heterocycles. The van der Waals surface area contributed by atoms with Crippen LogP contribution in [0.4, 0.5) is 5.95 Å². The van der Waals surface area contributed by atoms with Gasteiger partial charge in [-0.15, -0.1) is 0 Å². The van der Waals surface area contributed by atoms with Gasteiger partial charge in [0, 0.05) is 24.8 Å². The van der Waals surface area contributed by atoms with Gasteiger partial charge in [-0.1, -0.05) is 0 Å². The Hall–Kier alpha value is -2.04. The van der Waals surface area contributed by atoms with Gasteiger partial charge in [-0.2, -0.15) is 0 Å². The molecule has 0 saturated heterocycles. The average molecular weight is 217 g/mol. The van der Waals surface area contributed by atoms with E-state index in [-0.39, 0.29) is 0 Å². The van der Waals surface area contributed by atoms with Gasteiger partial charge in [0.05, 0.1) is 0 Å². The molecule has 0 saturated carbocycles. The van der Waals surface area contributed by atoms with Crippen LogP contribution in [-0.2, 0) is 0 Å². The highest BCUT2D eigenvalue weighted by atomic mass is 15.0. The van der Waals surface area contributed by atoms with Crippen LogP contribution in [0.3, 0.4) is 0 Å². The van der Waals surface area contributed by atoms with Crippen molar-refractivity contribution in [3.8, 4) is 0 Å². The molecule has 2 N–H and O–H groups in total. The molecule has 0 amide bonds. The lowest BCUT2D eigenvalue weighted by Gasteiger charge is -1.88. The first-order valence-corrected chi connectivity index (χ1v) is 4.87. The van der Waals surface area contributed by atoms with Crippen LogP contribution < -0.4 is 5.73 Å². The molecule has 0 aliphatic heterocycles. The Kier molecular flexibility index (Phi) is 4.32. The summed E-state index contributed by atoms with van der Waals surface area (Å²) < 4.78 is 0. The molecule has 0 fully saturated rings. The van der Waals surface area contributed by atoms with Crippen LogP contribution >= 0.6 is 0 Å². The van der Waals surface area contributed by atoms with Crippen molar-refractivity contribution < 1.29 is 0 Å². The van der Waals surface area contributed by atoms with Gasteiger partial charge in [0.2, 0.25) is 5.95 Å². The number of nitrogen functional groups attached to an aromatic ring is 1. The molecule has 2 aromatic rings.